The molecule has 186 valence electrons. The quantitative estimate of drug-likeness (QED) is 0.294. The lowest BCUT2D eigenvalue weighted by molar-refractivity contribution is -0.139. The fourth-order valence-electron chi connectivity index (χ4n) is 3.52. The molecule has 0 radical (unpaired) electrons. The van der Waals surface area contributed by atoms with Crippen LogP contribution in [-0.2, 0) is 6.05 Å². The lowest BCUT2D eigenvalue weighted by Gasteiger charge is -2.22. The molecule has 2 N–H and O–H groups in total. The normalized spacial score (nSPS) is 14.3. The Bertz CT molecular complexity index is 1080. The molecule has 1 nitrogen and oxygen atoms in total. The van der Waals surface area contributed by atoms with Crippen LogP contribution in [0.15, 0.2) is 43.0 Å². The van der Waals surface area contributed by atoms with E-state index in [1.165, 1.54) is 19.9 Å². The largest absolute Gasteiger partial charge is 0.399 e. The lowest BCUT2D eigenvalue weighted by atomic mass is 9.90. The molecule has 0 aliphatic heterocycles. The highest BCUT2D eigenvalue weighted by Gasteiger charge is 2.40. The van der Waals surface area contributed by atoms with Crippen molar-refractivity contribution >= 4 is 23.0 Å². The zero-order valence-electron chi connectivity index (χ0n) is 19.1. The fourth-order valence-corrected chi connectivity index (χ4v) is 3.80. The average molecular weight is 508 g/mol. The Hall–Kier alpha value is -2.32. The van der Waals surface area contributed by atoms with Crippen molar-refractivity contribution in [3.63, 3.8) is 0 Å². The van der Waals surface area contributed by atoms with Crippen LogP contribution in [0.1, 0.15) is 59.6 Å². The third-order valence-electron chi connectivity index (χ3n) is 5.32. The summed E-state index contributed by atoms with van der Waals surface area (Å²) in [6.45, 7) is 9.26. The standard InChI is InChI=1S/C25H25ClF7N/c1-13-8-17(10-21(26)15(13)3)19(24(29,30)31)11-22(27)16-6-7-18(14(2)12-23(4,5)28)20(9-16)25(32,33)34/h6-11,19H,2,12,34H2,1,3-5H3/b22-11-. The van der Waals surface area contributed by atoms with Crippen molar-refractivity contribution in [1.82, 2.24) is 0 Å². The van der Waals surface area contributed by atoms with Crippen LogP contribution in [0.5, 0.6) is 0 Å². The predicted molar refractivity (Wildman–Crippen MR) is 122 cm³/mol. The number of hydrogen-bond acceptors (Lipinski definition) is 1. The third kappa shape index (κ3) is 6.85. The summed E-state index contributed by atoms with van der Waals surface area (Å²) in [6, 6.07) is 1.08. The van der Waals surface area contributed by atoms with Crippen molar-refractivity contribution in [2.24, 2.45) is 5.73 Å². The van der Waals surface area contributed by atoms with E-state index >= 15 is 4.39 Å². The van der Waals surface area contributed by atoms with E-state index in [-0.39, 0.29) is 28.1 Å². The minimum atomic E-state index is -4.88. The van der Waals surface area contributed by atoms with Gasteiger partial charge in [-0.3, -0.25) is 5.73 Å². The number of hydrogen-bond donors (Lipinski definition) is 1. The molecule has 0 aromatic heterocycles. The van der Waals surface area contributed by atoms with Crippen LogP contribution in [0, 0.1) is 13.8 Å². The molecular formula is C25H25ClF7N. The zero-order chi connectivity index (χ0) is 26.2. The maximum atomic E-state index is 15.0. The van der Waals surface area contributed by atoms with E-state index < -0.39 is 40.8 Å². The summed E-state index contributed by atoms with van der Waals surface area (Å²) >= 11 is 6.02. The molecule has 0 aliphatic carbocycles. The summed E-state index contributed by atoms with van der Waals surface area (Å²) in [5.41, 5.74) is 2.30. The molecule has 2 aromatic carbocycles. The van der Waals surface area contributed by atoms with Gasteiger partial charge < -0.3 is 0 Å². The van der Waals surface area contributed by atoms with Crippen molar-refractivity contribution in [3.05, 3.63) is 81.4 Å². The minimum Gasteiger partial charge on any atom is -0.268 e. The smallest absolute Gasteiger partial charge is 0.268 e. The summed E-state index contributed by atoms with van der Waals surface area (Å²) in [6.07, 6.45) is -4.89. The second kappa shape index (κ2) is 9.74. The van der Waals surface area contributed by atoms with Gasteiger partial charge in [-0.2, -0.15) is 22.0 Å². The van der Waals surface area contributed by atoms with E-state index in [9.17, 15) is 26.3 Å². The molecule has 0 amide bonds. The van der Waals surface area contributed by atoms with Gasteiger partial charge in [-0.25, -0.2) is 8.78 Å². The molecule has 1 unspecified atom stereocenters. The molecule has 2 aromatic rings. The first-order valence-corrected chi connectivity index (χ1v) is 10.6. The van der Waals surface area contributed by atoms with Crippen LogP contribution in [-0.4, -0.2) is 11.8 Å². The second-order valence-electron chi connectivity index (χ2n) is 8.86. The highest BCUT2D eigenvalue weighted by atomic mass is 35.5. The Labute approximate surface area is 199 Å². The van der Waals surface area contributed by atoms with Gasteiger partial charge in [-0.05, 0) is 73.7 Å². The van der Waals surface area contributed by atoms with Gasteiger partial charge in [0.15, 0.2) is 0 Å². The maximum Gasteiger partial charge on any atom is 0.399 e. The third-order valence-corrected chi connectivity index (χ3v) is 5.71. The molecule has 2 rings (SSSR count). The van der Waals surface area contributed by atoms with Crippen LogP contribution in [0.4, 0.5) is 30.7 Å². The van der Waals surface area contributed by atoms with Gasteiger partial charge in [0, 0.05) is 22.6 Å². The summed E-state index contributed by atoms with van der Waals surface area (Å²) < 4.78 is 98.6. The molecule has 0 heterocycles. The Morgan fingerprint density at radius 2 is 1.65 bits per heavy atom. The van der Waals surface area contributed by atoms with Crippen molar-refractivity contribution in [2.45, 2.75) is 57.9 Å². The van der Waals surface area contributed by atoms with E-state index in [0.717, 1.165) is 18.2 Å². The van der Waals surface area contributed by atoms with Crippen molar-refractivity contribution in [2.75, 3.05) is 0 Å². The monoisotopic (exact) mass is 507 g/mol. The average Bonchev–Trinajstić information content (AvgIpc) is 2.66. The van der Waals surface area contributed by atoms with Crippen molar-refractivity contribution < 1.29 is 30.7 Å². The highest BCUT2D eigenvalue weighted by Crippen LogP contribution is 2.41. The molecule has 1 atom stereocenters. The van der Waals surface area contributed by atoms with Crippen LogP contribution in [0.3, 0.4) is 0 Å². The minimum absolute atomic E-state index is 0.0125. The van der Waals surface area contributed by atoms with Gasteiger partial charge in [-0.1, -0.05) is 36.4 Å². The predicted octanol–water partition coefficient (Wildman–Crippen LogP) is 8.77. The summed E-state index contributed by atoms with van der Waals surface area (Å²) in [5.74, 6) is -3.77. The van der Waals surface area contributed by atoms with Crippen LogP contribution >= 0.6 is 11.6 Å². The van der Waals surface area contributed by atoms with E-state index in [1.54, 1.807) is 13.8 Å². The Morgan fingerprint density at radius 1 is 1.06 bits per heavy atom. The van der Waals surface area contributed by atoms with E-state index in [1.807, 2.05) is 0 Å². The van der Waals surface area contributed by atoms with Gasteiger partial charge in [0.25, 0.3) is 0 Å². The van der Waals surface area contributed by atoms with Gasteiger partial charge in [0.1, 0.15) is 17.4 Å². The first kappa shape index (κ1) is 27.9. The van der Waals surface area contributed by atoms with Crippen molar-refractivity contribution in [3.8, 4) is 0 Å². The summed E-state index contributed by atoms with van der Waals surface area (Å²) in [5, 5.41) is 0.0850. The summed E-state index contributed by atoms with van der Waals surface area (Å²) in [4.78, 5) is 0. The SMILES string of the molecule is C=C(CC(C)(C)F)c1ccc(/C(F)=C/C(c2cc(C)c(C)c(Cl)c2)C(F)(F)F)cc1C(N)(F)F. The molecule has 0 fully saturated rings. The Balaban J connectivity index is 2.60. The maximum absolute atomic E-state index is 15.0. The Kier molecular flexibility index (Phi) is 8.00. The van der Waals surface area contributed by atoms with E-state index in [2.05, 4.69) is 6.58 Å². The number of halogens is 8. The molecular weight excluding hydrogens is 483 g/mol. The van der Waals surface area contributed by atoms with Gasteiger partial charge in [0.05, 0.1) is 0 Å². The molecule has 0 spiro atoms. The number of alkyl halides is 6. The molecule has 34 heavy (non-hydrogen) atoms. The zero-order valence-corrected chi connectivity index (χ0v) is 19.8. The molecule has 0 saturated carbocycles. The van der Waals surface area contributed by atoms with E-state index in [0.29, 0.717) is 23.3 Å². The highest BCUT2D eigenvalue weighted by molar-refractivity contribution is 6.31. The van der Waals surface area contributed by atoms with Gasteiger partial charge in [0.2, 0.25) is 0 Å². The number of aryl methyl sites for hydroxylation is 1. The second-order valence-corrected chi connectivity index (χ2v) is 9.27. The molecule has 0 bridgehead atoms. The topological polar surface area (TPSA) is 26.0 Å². The first-order chi connectivity index (χ1) is 15.3. The number of nitrogens with two attached hydrogens (primary N) is 1. The molecule has 0 aliphatic rings. The van der Waals surface area contributed by atoms with Gasteiger partial charge in [-0.15, -0.1) is 0 Å². The number of rotatable bonds is 7. The van der Waals surface area contributed by atoms with Crippen LogP contribution < -0.4 is 5.73 Å². The first-order valence-electron chi connectivity index (χ1n) is 10.2. The molecule has 0 saturated heterocycles. The summed E-state index contributed by atoms with van der Waals surface area (Å²) in [7, 11) is 0. The number of benzene rings is 2. The molecule has 9 heteroatoms. The van der Waals surface area contributed by atoms with E-state index in [4.69, 9.17) is 17.3 Å². The van der Waals surface area contributed by atoms with Crippen LogP contribution in [0.2, 0.25) is 5.02 Å². The lowest BCUT2D eigenvalue weighted by Crippen LogP contribution is -2.27. The van der Waals surface area contributed by atoms with Crippen LogP contribution in [0.25, 0.3) is 11.4 Å². The Morgan fingerprint density at radius 3 is 2.12 bits per heavy atom. The fraction of sp³-hybridized carbons (Fsp3) is 0.360. The number of allylic oxidation sites excluding steroid dienone is 2. The van der Waals surface area contributed by atoms with Gasteiger partial charge >= 0.3 is 12.2 Å². The van der Waals surface area contributed by atoms with Crippen molar-refractivity contribution in [1.29, 1.82) is 0 Å².